The predicted octanol–water partition coefficient (Wildman–Crippen LogP) is 6.12. The van der Waals surface area contributed by atoms with Crippen molar-refractivity contribution in [3.8, 4) is 11.5 Å². The number of hydrogen-bond acceptors (Lipinski definition) is 3. The molecule has 4 aromatic rings. The number of rotatable bonds is 3. The number of fused-ring (bicyclic) bond motifs is 2. The number of carbonyl (C=O) groups is 1. The maximum absolute atomic E-state index is 11.8. The third-order valence-electron chi connectivity index (χ3n) is 4.45. The zero-order chi connectivity index (χ0) is 18.4. The Bertz CT molecular complexity index is 1160. The summed E-state index contributed by atoms with van der Waals surface area (Å²) in [5.41, 5.74) is 3.09. The van der Waals surface area contributed by atoms with Crippen LogP contribution >= 0.6 is 11.6 Å². The highest BCUT2D eigenvalue weighted by Crippen LogP contribution is 2.33. The Morgan fingerprint density at radius 3 is 2.69 bits per heavy atom. The number of halogens is 1. The van der Waals surface area contributed by atoms with Gasteiger partial charge in [0.15, 0.2) is 5.76 Å². The third-order valence-corrected chi connectivity index (χ3v) is 4.69. The lowest BCUT2D eigenvalue weighted by Crippen LogP contribution is -2.02. The number of carboxylic acid groups (broad SMARTS) is 1. The van der Waals surface area contributed by atoms with Gasteiger partial charge < -0.3 is 9.52 Å². The van der Waals surface area contributed by atoms with Crippen molar-refractivity contribution in [1.82, 2.24) is 4.98 Å². The summed E-state index contributed by atoms with van der Waals surface area (Å²) in [6.07, 6.45) is 0. The van der Waals surface area contributed by atoms with Crippen LogP contribution in [0.5, 0.6) is 0 Å². The molecule has 0 saturated heterocycles. The van der Waals surface area contributed by atoms with Gasteiger partial charge in [0.2, 0.25) is 0 Å². The van der Waals surface area contributed by atoms with Crippen LogP contribution in [0.2, 0.25) is 5.02 Å². The normalized spacial score (nSPS) is 11.5. The quantitative estimate of drug-likeness (QED) is 0.474. The summed E-state index contributed by atoms with van der Waals surface area (Å²) in [6.45, 7) is 4.12. The van der Waals surface area contributed by atoms with Crippen LogP contribution in [0.25, 0.3) is 33.3 Å². The highest BCUT2D eigenvalue weighted by molar-refractivity contribution is 6.31. The molecular weight excluding hydrogens is 350 g/mol. The van der Waals surface area contributed by atoms with Crippen LogP contribution in [0.15, 0.2) is 52.9 Å². The number of aromatic nitrogens is 1. The Labute approximate surface area is 155 Å². The van der Waals surface area contributed by atoms with Crippen molar-refractivity contribution in [1.29, 1.82) is 0 Å². The molecule has 130 valence electrons. The largest absolute Gasteiger partial charge is 0.478 e. The van der Waals surface area contributed by atoms with Crippen molar-refractivity contribution in [2.75, 3.05) is 0 Å². The molecule has 0 aliphatic rings. The molecule has 0 bridgehead atoms. The lowest BCUT2D eigenvalue weighted by Gasteiger charge is -2.12. The molecule has 0 spiro atoms. The summed E-state index contributed by atoms with van der Waals surface area (Å²) in [4.78, 5) is 16.6. The van der Waals surface area contributed by atoms with Crippen molar-refractivity contribution in [2.24, 2.45) is 0 Å². The second kappa shape index (κ2) is 6.15. The first kappa shape index (κ1) is 16.6. The standard InChI is InChI=1S/C21H16ClNO3/c1-11(2)14-4-3-5-15-16(21(24)25)10-17(23-20(14)15)19-9-12-8-13(22)6-7-18(12)26-19/h3-11H,1-2H3,(H,24,25). The van der Waals surface area contributed by atoms with Gasteiger partial charge in [-0.3, -0.25) is 0 Å². The number of hydrogen-bond donors (Lipinski definition) is 1. The van der Waals surface area contributed by atoms with Crippen LogP contribution in [0.1, 0.15) is 35.7 Å². The highest BCUT2D eigenvalue weighted by Gasteiger charge is 2.18. The van der Waals surface area contributed by atoms with Crippen molar-refractivity contribution >= 4 is 39.4 Å². The molecule has 4 rings (SSSR count). The molecule has 5 heteroatoms. The number of pyridine rings is 1. The van der Waals surface area contributed by atoms with Gasteiger partial charge in [0, 0.05) is 15.8 Å². The van der Waals surface area contributed by atoms with E-state index in [9.17, 15) is 9.90 Å². The van der Waals surface area contributed by atoms with Crippen LogP contribution in [0.3, 0.4) is 0 Å². The molecule has 0 aliphatic heterocycles. The molecule has 0 amide bonds. The van der Waals surface area contributed by atoms with Gasteiger partial charge in [-0.25, -0.2) is 9.78 Å². The van der Waals surface area contributed by atoms with Crippen LogP contribution in [-0.2, 0) is 0 Å². The summed E-state index contributed by atoms with van der Waals surface area (Å²) in [5.74, 6) is -0.249. The maximum Gasteiger partial charge on any atom is 0.336 e. The number of nitrogens with zero attached hydrogens (tertiary/aromatic N) is 1. The molecular formula is C21H16ClNO3. The SMILES string of the molecule is CC(C)c1cccc2c(C(=O)O)cc(-c3cc4cc(Cl)ccc4o3)nc12. The van der Waals surface area contributed by atoms with E-state index in [1.807, 2.05) is 24.3 Å². The maximum atomic E-state index is 11.8. The molecule has 0 fully saturated rings. The zero-order valence-corrected chi connectivity index (χ0v) is 15.0. The Morgan fingerprint density at radius 2 is 1.96 bits per heavy atom. The van der Waals surface area contributed by atoms with Gasteiger partial charge in [0.05, 0.1) is 11.1 Å². The molecule has 2 aromatic carbocycles. The summed E-state index contributed by atoms with van der Waals surface area (Å²) < 4.78 is 5.88. The molecule has 0 saturated carbocycles. The van der Waals surface area contributed by atoms with E-state index in [1.54, 1.807) is 24.3 Å². The van der Waals surface area contributed by atoms with E-state index in [0.29, 0.717) is 33.0 Å². The molecule has 4 nitrogen and oxygen atoms in total. The van der Waals surface area contributed by atoms with Crippen LogP contribution in [0.4, 0.5) is 0 Å². The fraction of sp³-hybridized carbons (Fsp3) is 0.143. The van der Waals surface area contributed by atoms with E-state index in [-0.39, 0.29) is 11.5 Å². The zero-order valence-electron chi connectivity index (χ0n) is 14.3. The van der Waals surface area contributed by atoms with Gasteiger partial charge in [-0.05, 0) is 41.8 Å². The monoisotopic (exact) mass is 365 g/mol. The van der Waals surface area contributed by atoms with Crippen molar-refractivity contribution in [3.63, 3.8) is 0 Å². The molecule has 26 heavy (non-hydrogen) atoms. The van der Waals surface area contributed by atoms with Crippen molar-refractivity contribution in [3.05, 3.63) is 64.7 Å². The van der Waals surface area contributed by atoms with E-state index >= 15 is 0 Å². The first-order valence-corrected chi connectivity index (χ1v) is 8.68. The topological polar surface area (TPSA) is 63.3 Å². The fourth-order valence-corrected chi connectivity index (χ4v) is 3.36. The molecule has 0 atom stereocenters. The lowest BCUT2D eigenvalue weighted by molar-refractivity contribution is 0.0699. The minimum Gasteiger partial charge on any atom is -0.478 e. The van der Waals surface area contributed by atoms with Crippen molar-refractivity contribution in [2.45, 2.75) is 19.8 Å². The molecule has 0 aliphatic carbocycles. The van der Waals surface area contributed by atoms with E-state index in [2.05, 4.69) is 13.8 Å². The van der Waals surface area contributed by atoms with Crippen LogP contribution in [-0.4, -0.2) is 16.1 Å². The van der Waals surface area contributed by atoms with Gasteiger partial charge in [-0.15, -0.1) is 0 Å². The minimum atomic E-state index is -0.987. The Kier molecular flexibility index (Phi) is 3.93. The minimum absolute atomic E-state index is 0.214. The Balaban J connectivity index is 2.02. The van der Waals surface area contributed by atoms with Gasteiger partial charge in [0.1, 0.15) is 11.3 Å². The molecule has 0 radical (unpaired) electrons. The number of benzene rings is 2. The van der Waals surface area contributed by atoms with Gasteiger partial charge >= 0.3 is 5.97 Å². The Hall–Kier alpha value is -2.85. The number of carboxylic acids is 1. The summed E-state index contributed by atoms with van der Waals surface area (Å²) >= 11 is 6.04. The molecule has 2 heterocycles. The number of para-hydroxylation sites is 1. The highest BCUT2D eigenvalue weighted by atomic mass is 35.5. The smallest absolute Gasteiger partial charge is 0.336 e. The second-order valence-corrected chi connectivity index (χ2v) is 6.99. The van der Waals surface area contributed by atoms with Gasteiger partial charge in [-0.1, -0.05) is 43.6 Å². The van der Waals surface area contributed by atoms with Gasteiger partial charge in [0.25, 0.3) is 0 Å². The van der Waals surface area contributed by atoms with E-state index in [4.69, 9.17) is 21.0 Å². The average Bonchev–Trinajstić information content (AvgIpc) is 3.03. The summed E-state index contributed by atoms with van der Waals surface area (Å²) in [6, 6.07) is 14.4. The first-order chi connectivity index (χ1) is 12.4. The van der Waals surface area contributed by atoms with E-state index in [0.717, 1.165) is 10.9 Å². The molecule has 1 N–H and O–H groups in total. The fourth-order valence-electron chi connectivity index (χ4n) is 3.18. The lowest BCUT2D eigenvalue weighted by atomic mass is 9.97. The molecule has 0 unspecified atom stereocenters. The summed E-state index contributed by atoms with van der Waals surface area (Å²) in [7, 11) is 0. The van der Waals surface area contributed by atoms with Crippen LogP contribution in [0, 0.1) is 0 Å². The third kappa shape index (κ3) is 2.72. The first-order valence-electron chi connectivity index (χ1n) is 8.30. The van der Waals surface area contributed by atoms with E-state index in [1.165, 1.54) is 0 Å². The molecule has 2 aromatic heterocycles. The second-order valence-electron chi connectivity index (χ2n) is 6.55. The van der Waals surface area contributed by atoms with Crippen LogP contribution < -0.4 is 0 Å². The van der Waals surface area contributed by atoms with E-state index < -0.39 is 5.97 Å². The summed E-state index contributed by atoms with van der Waals surface area (Å²) in [5, 5.41) is 11.8. The predicted molar refractivity (Wildman–Crippen MR) is 103 cm³/mol. The van der Waals surface area contributed by atoms with Gasteiger partial charge in [-0.2, -0.15) is 0 Å². The van der Waals surface area contributed by atoms with Crippen molar-refractivity contribution < 1.29 is 14.3 Å². The average molecular weight is 366 g/mol. The Morgan fingerprint density at radius 1 is 1.15 bits per heavy atom. The number of furan rings is 1. The number of aromatic carboxylic acids is 1.